The van der Waals surface area contributed by atoms with Crippen LogP contribution in [-0.4, -0.2) is 37.9 Å². The molecule has 1 N–H and O–H groups in total. The predicted octanol–water partition coefficient (Wildman–Crippen LogP) is 0.390. The Labute approximate surface area is 109 Å². The van der Waals surface area contributed by atoms with E-state index in [1.54, 1.807) is 6.92 Å². The number of esters is 1. The van der Waals surface area contributed by atoms with Gasteiger partial charge in [0.25, 0.3) is 5.82 Å². The van der Waals surface area contributed by atoms with Crippen molar-refractivity contribution in [1.82, 2.24) is 20.2 Å². The van der Waals surface area contributed by atoms with Crippen LogP contribution >= 0.6 is 0 Å². The monoisotopic (exact) mass is 262 g/mol. The largest absolute Gasteiger partial charge is 0.460 e. The number of aliphatic hydroxyl groups is 1. The number of carbonyl (C=O) groups is 1. The lowest BCUT2D eigenvalue weighted by Crippen LogP contribution is -2.15. The minimum Gasteiger partial charge on any atom is -0.460 e. The van der Waals surface area contributed by atoms with Crippen molar-refractivity contribution in [2.75, 3.05) is 6.61 Å². The summed E-state index contributed by atoms with van der Waals surface area (Å²) < 4.78 is 6.25. The highest BCUT2D eigenvalue weighted by Crippen LogP contribution is 2.07. The van der Waals surface area contributed by atoms with E-state index in [1.807, 2.05) is 24.3 Å². The van der Waals surface area contributed by atoms with Gasteiger partial charge in [-0.1, -0.05) is 24.3 Å². The molecule has 0 aliphatic rings. The summed E-state index contributed by atoms with van der Waals surface area (Å²) in [7, 11) is 0. The van der Waals surface area contributed by atoms with Crippen LogP contribution in [-0.2, 0) is 17.9 Å². The molecular formula is C12H14N4O3. The van der Waals surface area contributed by atoms with Crippen LogP contribution in [0.1, 0.15) is 28.7 Å². The molecule has 0 unspecified atom stereocenters. The summed E-state index contributed by atoms with van der Waals surface area (Å²) in [6, 6.07) is 7.32. The highest BCUT2D eigenvalue weighted by atomic mass is 16.5. The van der Waals surface area contributed by atoms with Crippen LogP contribution in [0.3, 0.4) is 0 Å². The van der Waals surface area contributed by atoms with Gasteiger partial charge in [0, 0.05) is 0 Å². The van der Waals surface area contributed by atoms with Crippen molar-refractivity contribution in [1.29, 1.82) is 0 Å². The number of carbonyl (C=O) groups excluding carboxylic acids is 1. The highest BCUT2D eigenvalue weighted by molar-refractivity contribution is 5.85. The molecule has 0 bridgehead atoms. The summed E-state index contributed by atoms with van der Waals surface area (Å²) in [6.45, 7) is 2.36. The van der Waals surface area contributed by atoms with Crippen molar-refractivity contribution < 1.29 is 14.6 Å². The van der Waals surface area contributed by atoms with Gasteiger partial charge in [0.1, 0.15) is 0 Å². The van der Waals surface area contributed by atoms with E-state index < -0.39 is 5.97 Å². The molecule has 2 rings (SSSR count). The molecule has 0 radical (unpaired) electrons. The minimum atomic E-state index is -0.542. The van der Waals surface area contributed by atoms with Gasteiger partial charge in [0.2, 0.25) is 0 Å². The number of aliphatic hydroxyl groups excluding tert-OH is 1. The molecule has 1 aromatic carbocycles. The molecule has 2 aromatic rings. The van der Waals surface area contributed by atoms with Crippen molar-refractivity contribution in [3.8, 4) is 0 Å². The number of hydrogen-bond donors (Lipinski definition) is 1. The standard InChI is InChI=1S/C12H14N4O3/c1-2-19-12(18)11-13-14-15-16(11)7-9-3-5-10(8-17)6-4-9/h3-6,17H,2,7-8H2,1H3. The van der Waals surface area contributed by atoms with E-state index in [4.69, 9.17) is 9.84 Å². The average molecular weight is 262 g/mol. The van der Waals surface area contributed by atoms with Crippen molar-refractivity contribution >= 4 is 5.97 Å². The van der Waals surface area contributed by atoms with Crippen LogP contribution in [0.25, 0.3) is 0 Å². The smallest absolute Gasteiger partial charge is 0.378 e. The topological polar surface area (TPSA) is 90.1 Å². The van der Waals surface area contributed by atoms with Crippen molar-refractivity contribution in [2.45, 2.75) is 20.1 Å². The molecular weight excluding hydrogens is 248 g/mol. The third kappa shape index (κ3) is 3.14. The maximum Gasteiger partial charge on any atom is 0.378 e. The van der Waals surface area contributed by atoms with E-state index in [0.29, 0.717) is 6.54 Å². The molecule has 19 heavy (non-hydrogen) atoms. The number of tetrazole rings is 1. The van der Waals surface area contributed by atoms with Crippen molar-refractivity contribution in [3.63, 3.8) is 0 Å². The summed E-state index contributed by atoms with van der Waals surface area (Å²) in [5.41, 5.74) is 1.75. The summed E-state index contributed by atoms with van der Waals surface area (Å²) >= 11 is 0. The summed E-state index contributed by atoms with van der Waals surface area (Å²) in [5.74, 6) is -0.465. The van der Waals surface area contributed by atoms with Gasteiger partial charge in [0.15, 0.2) is 0 Å². The van der Waals surface area contributed by atoms with E-state index in [-0.39, 0.29) is 19.0 Å². The third-order valence-corrected chi connectivity index (χ3v) is 2.53. The Morgan fingerprint density at radius 1 is 1.32 bits per heavy atom. The molecule has 0 aliphatic heterocycles. The Hall–Kier alpha value is -2.28. The van der Waals surface area contributed by atoms with Gasteiger partial charge in [0.05, 0.1) is 19.8 Å². The fourth-order valence-electron chi connectivity index (χ4n) is 1.58. The summed E-state index contributed by atoms with van der Waals surface area (Å²) in [6.07, 6.45) is 0. The zero-order chi connectivity index (χ0) is 13.7. The number of rotatable bonds is 5. The molecule has 100 valence electrons. The molecule has 1 aromatic heterocycles. The average Bonchev–Trinajstić information content (AvgIpc) is 2.88. The van der Waals surface area contributed by atoms with Gasteiger partial charge < -0.3 is 9.84 Å². The first-order valence-electron chi connectivity index (χ1n) is 5.86. The van der Waals surface area contributed by atoms with Gasteiger partial charge in [-0.15, -0.1) is 5.10 Å². The molecule has 0 aliphatic carbocycles. The Balaban J connectivity index is 2.14. The van der Waals surface area contributed by atoms with Crippen LogP contribution < -0.4 is 0 Å². The molecule has 0 atom stereocenters. The molecule has 0 fully saturated rings. The van der Waals surface area contributed by atoms with E-state index in [0.717, 1.165) is 11.1 Å². The Morgan fingerprint density at radius 2 is 2.00 bits per heavy atom. The van der Waals surface area contributed by atoms with E-state index in [9.17, 15) is 4.79 Å². The molecule has 0 spiro atoms. The van der Waals surface area contributed by atoms with Crippen LogP contribution in [0.4, 0.5) is 0 Å². The summed E-state index contributed by atoms with van der Waals surface area (Å²) in [4.78, 5) is 11.6. The third-order valence-electron chi connectivity index (χ3n) is 2.53. The number of nitrogens with zero attached hydrogens (tertiary/aromatic N) is 4. The number of hydrogen-bond acceptors (Lipinski definition) is 6. The van der Waals surface area contributed by atoms with Gasteiger partial charge in [-0.2, -0.15) is 0 Å². The van der Waals surface area contributed by atoms with Crippen LogP contribution in [0.5, 0.6) is 0 Å². The second-order valence-corrected chi connectivity index (χ2v) is 3.86. The number of ether oxygens (including phenoxy) is 1. The second-order valence-electron chi connectivity index (χ2n) is 3.86. The predicted molar refractivity (Wildman–Crippen MR) is 65.2 cm³/mol. The molecule has 0 saturated heterocycles. The maximum absolute atomic E-state index is 11.6. The zero-order valence-electron chi connectivity index (χ0n) is 10.5. The fraction of sp³-hybridized carbons (Fsp3) is 0.333. The molecule has 0 saturated carbocycles. The van der Waals surface area contributed by atoms with Gasteiger partial charge in [-0.3, -0.25) is 0 Å². The Bertz CT molecular complexity index is 550. The maximum atomic E-state index is 11.6. The normalized spacial score (nSPS) is 10.4. The quantitative estimate of drug-likeness (QED) is 0.784. The zero-order valence-corrected chi connectivity index (χ0v) is 10.5. The van der Waals surface area contributed by atoms with Crippen LogP contribution in [0.2, 0.25) is 0 Å². The minimum absolute atomic E-state index is 0.000757. The SMILES string of the molecule is CCOC(=O)c1nnnn1Cc1ccc(CO)cc1. The first-order valence-corrected chi connectivity index (χ1v) is 5.86. The van der Waals surface area contributed by atoms with E-state index >= 15 is 0 Å². The molecule has 7 heteroatoms. The fourth-order valence-corrected chi connectivity index (χ4v) is 1.58. The lowest BCUT2D eigenvalue weighted by Gasteiger charge is -2.05. The Kier molecular flexibility index (Phi) is 4.19. The second kappa shape index (κ2) is 6.05. The van der Waals surface area contributed by atoms with E-state index in [2.05, 4.69) is 15.5 Å². The summed E-state index contributed by atoms with van der Waals surface area (Å²) in [5, 5.41) is 19.9. The van der Waals surface area contributed by atoms with E-state index in [1.165, 1.54) is 4.68 Å². The highest BCUT2D eigenvalue weighted by Gasteiger charge is 2.16. The van der Waals surface area contributed by atoms with Crippen molar-refractivity contribution in [3.05, 3.63) is 41.2 Å². The number of aromatic nitrogens is 4. The van der Waals surface area contributed by atoms with Crippen LogP contribution in [0.15, 0.2) is 24.3 Å². The molecule has 7 nitrogen and oxygen atoms in total. The van der Waals surface area contributed by atoms with Gasteiger partial charge >= 0.3 is 5.97 Å². The van der Waals surface area contributed by atoms with Crippen molar-refractivity contribution in [2.24, 2.45) is 0 Å². The first kappa shape index (κ1) is 13.2. The first-order chi connectivity index (χ1) is 9.24. The lowest BCUT2D eigenvalue weighted by molar-refractivity contribution is 0.0505. The van der Waals surface area contributed by atoms with Crippen LogP contribution in [0, 0.1) is 0 Å². The lowest BCUT2D eigenvalue weighted by atomic mass is 10.1. The molecule has 0 amide bonds. The Morgan fingerprint density at radius 3 is 2.63 bits per heavy atom. The molecule has 1 heterocycles. The van der Waals surface area contributed by atoms with Gasteiger partial charge in [-0.25, -0.2) is 9.48 Å². The van der Waals surface area contributed by atoms with Gasteiger partial charge in [-0.05, 0) is 28.5 Å². The number of benzene rings is 1.